The summed E-state index contributed by atoms with van der Waals surface area (Å²) in [6, 6.07) is 6.16. The Balaban J connectivity index is 2.03. The predicted molar refractivity (Wildman–Crippen MR) is 83.2 cm³/mol. The van der Waals surface area contributed by atoms with Crippen LogP contribution in [-0.4, -0.2) is 4.98 Å². The highest BCUT2D eigenvalue weighted by molar-refractivity contribution is 7.19. The topological polar surface area (TPSA) is 26.0 Å². The minimum Gasteiger partial charge on any atom is -0.464 e. The zero-order valence-corrected chi connectivity index (χ0v) is 12.6. The molecule has 0 aliphatic heterocycles. The van der Waals surface area contributed by atoms with Gasteiger partial charge in [-0.2, -0.15) is 0 Å². The van der Waals surface area contributed by atoms with Crippen molar-refractivity contribution in [1.29, 1.82) is 0 Å². The van der Waals surface area contributed by atoms with E-state index in [2.05, 4.69) is 19.9 Å². The first-order valence-corrected chi connectivity index (χ1v) is 8.00. The van der Waals surface area contributed by atoms with Crippen LogP contribution in [0.3, 0.4) is 0 Å². The van der Waals surface area contributed by atoms with Crippen LogP contribution in [0.5, 0.6) is 0 Å². The summed E-state index contributed by atoms with van der Waals surface area (Å²) in [6.45, 7) is 4.41. The van der Waals surface area contributed by atoms with Crippen molar-refractivity contribution in [3.63, 3.8) is 0 Å². The third-order valence-electron chi connectivity index (χ3n) is 4.18. The number of hydrogen-bond acceptors (Lipinski definition) is 3. The molecule has 102 valence electrons. The summed E-state index contributed by atoms with van der Waals surface area (Å²) in [4.78, 5) is 7.46. The Bertz CT molecular complexity index is 770. The summed E-state index contributed by atoms with van der Waals surface area (Å²) in [5.74, 6) is 1.75. The van der Waals surface area contributed by atoms with Gasteiger partial charge in [0.05, 0.1) is 6.26 Å². The Hall–Kier alpha value is -1.61. The molecule has 3 aromatic heterocycles. The number of pyridine rings is 1. The molecule has 0 fully saturated rings. The van der Waals surface area contributed by atoms with Gasteiger partial charge in [-0.3, -0.25) is 0 Å². The zero-order valence-electron chi connectivity index (χ0n) is 11.8. The van der Waals surface area contributed by atoms with E-state index in [0.717, 1.165) is 17.4 Å². The van der Waals surface area contributed by atoms with Crippen LogP contribution in [-0.2, 0) is 12.8 Å². The molecule has 0 saturated carbocycles. The molecule has 1 aliphatic rings. The van der Waals surface area contributed by atoms with Gasteiger partial charge in [0.1, 0.15) is 10.6 Å². The number of rotatable bonds is 1. The Labute approximate surface area is 122 Å². The Morgan fingerprint density at radius 2 is 2.30 bits per heavy atom. The van der Waals surface area contributed by atoms with E-state index >= 15 is 0 Å². The molecule has 1 aliphatic carbocycles. The van der Waals surface area contributed by atoms with Crippen molar-refractivity contribution in [1.82, 2.24) is 4.98 Å². The molecule has 0 spiro atoms. The maximum absolute atomic E-state index is 5.64. The predicted octanol–water partition coefficient (Wildman–Crippen LogP) is 4.99. The fraction of sp³-hybridized carbons (Fsp3) is 0.353. The molecule has 0 saturated heterocycles. The maximum atomic E-state index is 5.64. The van der Waals surface area contributed by atoms with E-state index in [-0.39, 0.29) is 0 Å². The molecule has 0 N–H and O–H groups in total. The lowest BCUT2D eigenvalue weighted by Gasteiger charge is -2.18. The summed E-state index contributed by atoms with van der Waals surface area (Å²) in [5.41, 5.74) is 3.79. The minimum atomic E-state index is 0.795. The fourth-order valence-corrected chi connectivity index (χ4v) is 4.65. The highest BCUT2D eigenvalue weighted by Gasteiger charge is 2.23. The van der Waals surface area contributed by atoms with E-state index in [4.69, 9.17) is 9.40 Å². The molecule has 1 unspecified atom stereocenters. The summed E-state index contributed by atoms with van der Waals surface area (Å²) in [7, 11) is 0. The van der Waals surface area contributed by atoms with Crippen LogP contribution in [0.1, 0.15) is 29.5 Å². The second kappa shape index (κ2) is 4.45. The van der Waals surface area contributed by atoms with Gasteiger partial charge < -0.3 is 4.42 Å². The second-order valence-electron chi connectivity index (χ2n) is 5.82. The lowest BCUT2D eigenvalue weighted by Crippen LogP contribution is -2.08. The first-order valence-electron chi connectivity index (χ1n) is 7.18. The Morgan fingerprint density at radius 1 is 1.40 bits per heavy atom. The smallest absolute Gasteiger partial charge is 0.134 e. The summed E-state index contributed by atoms with van der Waals surface area (Å²) >= 11 is 1.88. The van der Waals surface area contributed by atoms with Crippen LogP contribution < -0.4 is 0 Å². The molecule has 20 heavy (non-hydrogen) atoms. The number of aromatic nitrogens is 1. The van der Waals surface area contributed by atoms with Gasteiger partial charge in [-0.15, -0.1) is 11.3 Å². The monoisotopic (exact) mass is 283 g/mol. The molecule has 0 radical (unpaired) electrons. The molecular formula is C17H17NOS. The van der Waals surface area contributed by atoms with Crippen molar-refractivity contribution in [3.8, 4) is 11.3 Å². The summed E-state index contributed by atoms with van der Waals surface area (Å²) in [5, 5.41) is 1.33. The first kappa shape index (κ1) is 12.2. The van der Waals surface area contributed by atoms with Crippen molar-refractivity contribution >= 4 is 21.6 Å². The van der Waals surface area contributed by atoms with E-state index in [9.17, 15) is 0 Å². The quantitative estimate of drug-likeness (QED) is 0.629. The lowest BCUT2D eigenvalue weighted by molar-refractivity contribution is 0.509. The fourth-order valence-electron chi connectivity index (χ4n) is 3.19. The number of aryl methyl sites for hydroxylation is 2. The van der Waals surface area contributed by atoms with Crippen molar-refractivity contribution < 1.29 is 4.42 Å². The van der Waals surface area contributed by atoms with Gasteiger partial charge in [0, 0.05) is 21.5 Å². The van der Waals surface area contributed by atoms with E-state index < -0.39 is 0 Å². The van der Waals surface area contributed by atoms with Gasteiger partial charge >= 0.3 is 0 Å². The molecule has 0 aromatic carbocycles. The normalized spacial score (nSPS) is 18.4. The Morgan fingerprint density at radius 3 is 3.10 bits per heavy atom. The van der Waals surface area contributed by atoms with E-state index in [1.54, 1.807) is 6.26 Å². The Kier molecular flexibility index (Phi) is 2.71. The van der Waals surface area contributed by atoms with Gasteiger partial charge in [0.2, 0.25) is 0 Å². The number of furan rings is 1. The molecule has 3 heteroatoms. The van der Waals surface area contributed by atoms with Gasteiger partial charge in [-0.05, 0) is 55.9 Å². The van der Waals surface area contributed by atoms with Crippen LogP contribution in [0.4, 0.5) is 0 Å². The van der Waals surface area contributed by atoms with Crippen molar-refractivity contribution in [3.05, 3.63) is 40.6 Å². The van der Waals surface area contributed by atoms with Gasteiger partial charge in [0.15, 0.2) is 0 Å². The average molecular weight is 283 g/mol. The van der Waals surface area contributed by atoms with Crippen LogP contribution in [0.2, 0.25) is 0 Å². The van der Waals surface area contributed by atoms with E-state index in [1.807, 2.05) is 23.5 Å². The standard InChI is InChI=1S/C17H17NOS/c1-10-5-6-12-15(8-10)20-17-16(12)13(9-11(2)18-17)14-4-3-7-19-14/h3-4,7,9-10H,5-6,8H2,1-2H3. The van der Waals surface area contributed by atoms with Crippen molar-refractivity contribution in [2.75, 3.05) is 0 Å². The number of hydrogen-bond donors (Lipinski definition) is 0. The van der Waals surface area contributed by atoms with Crippen molar-refractivity contribution in [2.24, 2.45) is 5.92 Å². The molecule has 2 nitrogen and oxygen atoms in total. The van der Waals surface area contributed by atoms with Crippen LogP contribution >= 0.6 is 11.3 Å². The van der Waals surface area contributed by atoms with E-state index in [0.29, 0.717) is 0 Å². The molecule has 4 rings (SSSR count). The molecule has 3 heterocycles. The highest BCUT2D eigenvalue weighted by Crippen LogP contribution is 2.42. The van der Waals surface area contributed by atoms with E-state index in [1.165, 1.54) is 45.5 Å². The molecule has 0 amide bonds. The zero-order chi connectivity index (χ0) is 13.7. The largest absolute Gasteiger partial charge is 0.464 e. The van der Waals surface area contributed by atoms with Gasteiger partial charge in [-0.25, -0.2) is 4.98 Å². The summed E-state index contributed by atoms with van der Waals surface area (Å²) in [6.07, 6.45) is 5.41. The third-order valence-corrected chi connectivity index (χ3v) is 5.33. The van der Waals surface area contributed by atoms with Crippen LogP contribution in [0, 0.1) is 12.8 Å². The third kappa shape index (κ3) is 1.80. The SMILES string of the molecule is Cc1cc(-c2ccco2)c2c3c(sc2n1)CC(C)CC3. The maximum Gasteiger partial charge on any atom is 0.134 e. The number of fused-ring (bicyclic) bond motifs is 3. The number of thiophene rings is 1. The highest BCUT2D eigenvalue weighted by atomic mass is 32.1. The molecule has 0 bridgehead atoms. The van der Waals surface area contributed by atoms with Gasteiger partial charge in [-0.1, -0.05) is 6.92 Å². The van der Waals surface area contributed by atoms with Crippen LogP contribution in [0.25, 0.3) is 21.5 Å². The first-order chi connectivity index (χ1) is 9.72. The van der Waals surface area contributed by atoms with Crippen LogP contribution in [0.15, 0.2) is 28.9 Å². The van der Waals surface area contributed by atoms with Crippen molar-refractivity contribution in [2.45, 2.75) is 33.1 Å². The minimum absolute atomic E-state index is 0.795. The average Bonchev–Trinajstić information content (AvgIpc) is 3.03. The number of nitrogens with zero attached hydrogens (tertiary/aromatic N) is 1. The molecular weight excluding hydrogens is 266 g/mol. The van der Waals surface area contributed by atoms with Gasteiger partial charge in [0.25, 0.3) is 0 Å². The molecule has 1 atom stereocenters. The summed E-state index contributed by atoms with van der Waals surface area (Å²) < 4.78 is 5.64. The molecule has 3 aromatic rings. The second-order valence-corrected chi connectivity index (χ2v) is 6.90. The lowest BCUT2D eigenvalue weighted by atomic mass is 9.88.